The molecule has 0 aliphatic carbocycles. The average Bonchev–Trinajstić information content (AvgIpc) is 2.69. The Morgan fingerprint density at radius 2 is 1.64 bits per heavy atom. The molecule has 2 aromatic carbocycles. The highest BCUT2D eigenvalue weighted by Gasteiger charge is 2.30. The number of esters is 1. The lowest BCUT2D eigenvalue weighted by Gasteiger charge is -2.31. The van der Waals surface area contributed by atoms with E-state index in [1.165, 1.54) is 0 Å². The van der Waals surface area contributed by atoms with E-state index in [0.29, 0.717) is 5.02 Å². The molecule has 0 amide bonds. The lowest BCUT2D eigenvalue weighted by atomic mass is 9.88. The summed E-state index contributed by atoms with van der Waals surface area (Å²) in [6.45, 7) is 15.7. The summed E-state index contributed by atoms with van der Waals surface area (Å²) >= 11 is 6.19. The molecule has 5 heteroatoms. The van der Waals surface area contributed by atoms with Crippen molar-refractivity contribution in [3.05, 3.63) is 64.3 Å². The number of rotatable bonds is 5. The summed E-state index contributed by atoms with van der Waals surface area (Å²) in [6.07, 6.45) is -0.451. The van der Waals surface area contributed by atoms with Crippen LogP contribution in [0.5, 0.6) is 0 Å². The third kappa shape index (κ3) is 6.13. The molecule has 0 fully saturated rings. The van der Waals surface area contributed by atoms with Crippen molar-refractivity contribution >= 4 is 28.5 Å². The summed E-state index contributed by atoms with van der Waals surface area (Å²) in [4.78, 5) is 17.4. The fourth-order valence-corrected chi connectivity index (χ4v) is 3.96. The van der Waals surface area contributed by atoms with Gasteiger partial charge in [0, 0.05) is 16.1 Å². The maximum Gasteiger partial charge on any atom is 0.311 e. The molecule has 0 bridgehead atoms. The second-order valence-electron chi connectivity index (χ2n) is 10.6. The normalized spacial score (nSPS) is 13.2. The first-order valence-electron chi connectivity index (χ1n) is 11.3. The predicted molar refractivity (Wildman–Crippen MR) is 136 cm³/mol. The zero-order chi connectivity index (χ0) is 24.6. The molecule has 1 heterocycles. The van der Waals surface area contributed by atoms with Crippen molar-refractivity contribution < 1.29 is 14.3 Å². The van der Waals surface area contributed by atoms with Crippen LogP contribution in [0.4, 0.5) is 0 Å². The molecule has 0 spiro atoms. The van der Waals surface area contributed by atoms with Crippen molar-refractivity contribution in [2.75, 3.05) is 6.61 Å². The summed E-state index contributed by atoms with van der Waals surface area (Å²) < 4.78 is 12.3. The number of nitrogens with zero attached hydrogens (tertiary/aromatic N) is 1. The van der Waals surface area contributed by atoms with Gasteiger partial charge in [-0.1, -0.05) is 29.8 Å². The fourth-order valence-electron chi connectivity index (χ4n) is 3.84. The summed E-state index contributed by atoms with van der Waals surface area (Å²) in [7, 11) is 0. The Labute approximate surface area is 202 Å². The molecular weight excluding hydrogens is 434 g/mol. The number of carbonyl (C=O) groups excluding carboxylic acids is 1. The maximum atomic E-state index is 12.6. The summed E-state index contributed by atoms with van der Waals surface area (Å²) in [5, 5.41) is 1.70. The van der Waals surface area contributed by atoms with E-state index in [2.05, 4.69) is 19.1 Å². The number of hydrogen-bond donors (Lipinski definition) is 0. The Kier molecular flexibility index (Phi) is 7.21. The fraction of sp³-hybridized carbons (Fsp3) is 0.429. The number of aryl methyl sites for hydroxylation is 2. The minimum Gasteiger partial charge on any atom is -0.462 e. The van der Waals surface area contributed by atoms with E-state index >= 15 is 0 Å². The molecule has 3 rings (SSSR count). The van der Waals surface area contributed by atoms with Crippen LogP contribution in [0.15, 0.2) is 42.5 Å². The highest BCUT2D eigenvalue weighted by Crippen LogP contribution is 2.40. The number of pyridine rings is 1. The van der Waals surface area contributed by atoms with E-state index in [4.69, 9.17) is 26.1 Å². The molecule has 4 nitrogen and oxygen atoms in total. The predicted octanol–water partition coefficient (Wildman–Crippen LogP) is 7.62. The molecule has 33 heavy (non-hydrogen) atoms. The second kappa shape index (κ2) is 9.44. The van der Waals surface area contributed by atoms with Gasteiger partial charge in [-0.15, -0.1) is 0 Å². The van der Waals surface area contributed by atoms with E-state index in [-0.39, 0.29) is 12.6 Å². The SMILES string of the molecule is Cc1ccc2c(-c3ccc(Cl)cc3)c([C@@H](COC(=O)C(C)(C)C)OC(C)(C)C)c(C)cc2n1. The number of aromatic nitrogens is 1. The number of halogens is 1. The highest BCUT2D eigenvalue weighted by atomic mass is 35.5. The van der Waals surface area contributed by atoms with Crippen LogP contribution in [-0.2, 0) is 14.3 Å². The smallest absolute Gasteiger partial charge is 0.311 e. The lowest BCUT2D eigenvalue weighted by molar-refractivity contribution is -0.162. The second-order valence-corrected chi connectivity index (χ2v) is 11.0. The van der Waals surface area contributed by atoms with Gasteiger partial charge in [-0.2, -0.15) is 0 Å². The van der Waals surface area contributed by atoms with Gasteiger partial charge >= 0.3 is 5.97 Å². The largest absolute Gasteiger partial charge is 0.462 e. The van der Waals surface area contributed by atoms with E-state index in [1.807, 2.05) is 78.8 Å². The third-order valence-corrected chi connectivity index (χ3v) is 5.56. The number of ether oxygens (including phenoxy) is 2. The van der Waals surface area contributed by atoms with Gasteiger partial charge in [0.15, 0.2) is 0 Å². The first kappa shape index (κ1) is 25.2. The quantitative estimate of drug-likeness (QED) is 0.362. The van der Waals surface area contributed by atoms with Gasteiger partial charge in [0.05, 0.1) is 16.5 Å². The average molecular weight is 468 g/mol. The van der Waals surface area contributed by atoms with Crippen LogP contribution in [0, 0.1) is 19.3 Å². The summed E-state index contributed by atoms with van der Waals surface area (Å²) in [6, 6.07) is 14.0. The molecule has 0 unspecified atom stereocenters. The minimum atomic E-state index is -0.592. The first-order chi connectivity index (χ1) is 15.3. The molecule has 0 saturated heterocycles. The van der Waals surface area contributed by atoms with Crippen LogP contribution in [0.2, 0.25) is 5.02 Å². The van der Waals surface area contributed by atoms with E-state index in [1.54, 1.807) is 0 Å². The standard InChI is InChI=1S/C28H34ClNO3/c1-17-15-22-21(14-9-18(2)30-22)25(19-10-12-20(29)13-11-19)24(17)23(33-28(6,7)8)16-32-26(31)27(3,4)5/h9-15,23H,16H2,1-8H3/t23-/m1/s1. The number of hydrogen-bond acceptors (Lipinski definition) is 4. The summed E-state index contributed by atoms with van der Waals surface area (Å²) in [5.74, 6) is -0.256. The van der Waals surface area contributed by atoms with Crippen LogP contribution < -0.4 is 0 Å². The van der Waals surface area contributed by atoms with Gasteiger partial charge in [-0.05, 0) is 102 Å². The molecule has 176 valence electrons. The van der Waals surface area contributed by atoms with Crippen molar-refractivity contribution in [1.82, 2.24) is 4.98 Å². The number of benzene rings is 2. The van der Waals surface area contributed by atoms with E-state index in [9.17, 15) is 4.79 Å². The van der Waals surface area contributed by atoms with Crippen molar-refractivity contribution in [2.45, 2.75) is 67.1 Å². The van der Waals surface area contributed by atoms with Crippen LogP contribution in [0.1, 0.15) is 64.5 Å². The maximum absolute atomic E-state index is 12.6. The van der Waals surface area contributed by atoms with Crippen molar-refractivity contribution in [3.8, 4) is 11.1 Å². The molecule has 0 aliphatic rings. The first-order valence-corrected chi connectivity index (χ1v) is 11.7. The third-order valence-electron chi connectivity index (χ3n) is 5.31. The monoisotopic (exact) mass is 467 g/mol. The van der Waals surface area contributed by atoms with E-state index < -0.39 is 17.1 Å². The van der Waals surface area contributed by atoms with Gasteiger partial charge in [0.2, 0.25) is 0 Å². The van der Waals surface area contributed by atoms with Crippen LogP contribution in [-0.4, -0.2) is 23.2 Å². The number of fused-ring (bicyclic) bond motifs is 1. The topological polar surface area (TPSA) is 48.4 Å². The van der Waals surface area contributed by atoms with Gasteiger partial charge in [-0.3, -0.25) is 9.78 Å². The molecule has 1 atom stereocenters. The summed E-state index contributed by atoms with van der Waals surface area (Å²) in [5.41, 5.74) is 4.90. The molecule has 1 aromatic heterocycles. The minimum absolute atomic E-state index is 0.125. The zero-order valence-corrected chi connectivity index (χ0v) is 21.6. The van der Waals surface area contributed by atoms with Gasteiger partial charge < -0.3 is 9.47 Å². The molecule has 0 N–H and O–H groups in total. The Bertz CT molecular complexity index is 1150. The molecular formula is C28H34ClNO3. The van der Waals surface area contributed by atoms with Crippen LogP contribution >= 0.6 is 11.6 Å². The molecule has 0 aliphatic heterocycles. The zero-order valence-electron chi connectivity index (χ0n) is 20.9. The van der Waals surface area contributed by atoms with Gasteiger partial charge in [0.25, 0.3) is 0 Å². The van der Waals surface area contributed by atoms with Crippen molar-refractivity contribution in [3.63, 3.8) is 0 Å². The Hall–Kier alpha value is -2.43. The van der Waals surface area contributed by atoms with Crippen LogP contribution in [0.3, 0.4) is 0 Å². The van der Waals surface area contributed by atoms with Crippen molar-refractivity contribution in [2.24, 2.45) is 5.41 Å². The Balaban J connectivity index is 2.24. The van der Waals surface area contributed by atoms with E-state index in [0.717, 1.165) is 38.9 Å². The Morgan fingerprint density at radius 1 is 1.00 bits per heavy atom. The lowest BCUT2D eigenvalue weighted by Crippen LogP contribution is -2.30. The van der Waals surface area contributed by atoms with Gasteiger partial charge in [0.1, 0.15) is 12.7 Å². The number of carbonyl (C=O) groups is 1. The van der Waals surface area contributed by atoms with Crippen molar-refractivity contribution in [1.29, 1.82) is 0 Å². The highest BCUT2D eigenvalue weighted by molar-refractivity contribution is 6.30. The molecule has 3 aromatic rings. The van der Waals surface area contributed by atoms with Crippen LogP contribution in [0.25, 0.3) is 22.0 Å². The Morgan fingerprint density at radius 3 is 2.21 bits per heavy atom. The molecule has 0 saturated carbocycles. The molecule has 0 radical (unpaired) electrons. The van der Waals surface area contributed by atoms with Gasteiger partial charge in [-0.25, -0.2) is 0 Å².